The van der Waals surface area contributed by atoms with Gasteiger partial charge in [-0.25, -0.2) is 0 Å². The summed E-state index contributed by atoms with van der Waals surface area (Å²) in [6, 6.07) is 4.63. The molecule has 3 heteroatoms. The van der Waals surface area contributed by atoms with Crippen molar-refractivity contribution in [1.82, 2.24) is 10.3 Å². The molecule has 17 heavy (non-hydrogen) atoms. The van der Waals surface area contributed by atoms with E-state index in [9.17, 15) is 0 Å². The van der Waals surface area contributed by atoms with E-state index in [4.69, 9.17) is 4.74 Å². The maximum atomic E-state index is 5.34. The summed E-state index contributed by atoms with van der Waals surface area (Å²) in [5, 5.41) is 3.59. The van der Waals surface area contributed by atoms with E-state index in [1.807, 2.05) is 12.3 Å². The Morgan fingerprint density at radius 1 is 1.59 bits per heavy atom. The molecule has 2 unspecified atom stereocenters. The van der Waals surface area contributed by atoms with Gasteiger partial charge in [-0.05, 0) is 37.4 Å². The minimum absolute atomic E-state index is 0.399. The second kappa shape index (κ2) is 6.12. The standard InChI is InChI=1S/C14H22N2O/c1-3-8-15-13(10-17-2)12-7-6-11-5-4-9-16-14(11)12/h4-5,9,12-13,15H,3,6-8,10H2,1-2H3. The summed E-state index contributed by atoms with van der Waals surface area (Å²) in [6.07, 6.45) is 5.40. The molecule has 1 N–H and O–H groups in total. The first kappa shape index (κ1) is 12.5. The highest BCUT2D eigenvalue weighted by Gasteiger charge is 2.30. The van der Waals surface area contributed by atoms with Crippen LogP contribution in [0.15, 0.2) is 18.3 Å². The third-order valence-corrected chi connectivity index (χ3v) is 3.49. The van der Waals surface area contributed by atoms with Crippen LogP contribution in [0, 0.1) is 0 Å². The Morgan fingerprint density at radius 3 is 3.24 bits per heavy atom. The van der Waals surface area contributed by atoms with E-state index in [0.29, 0.717) is 12.0 Å². The molecule has 0 saturated heterocycles. The average Bonchev–Trinajstić information content (AvgIpc) is 2.78. The van der Waals surface area contributed by atoms with Crippen LogP contribution in [0.1, 0.15) is 36.9 Å². The number of hydrogen-bond acceptors (Lipinski definition) is 3. The maximum absolute atomic E-state index is 5.34. The Bertz CT molecular complexity index is 354. The van der Waals surface area contributed by atoms with Gasteiger partial charge in [-0.3, -0.25) is 4.98 Å². The fourth-order valence-corrected chi connectivity index (χ4v) is 2.66. The van der Waals surface area contributed by atoms with Gasteiger partial charge in [0.15, 0.2) is 0 Å². The third-order valence-electron chi connectivity index (χ3n) is 3.49. The number of hydrogen-bond donors (Lipinski definition) is 1. The molecule has 2 atom stereocenters. The van der Waals surface area contributed by atoms with Gasteiger partial charge < -0.3 is 10.1 Å². The number of fused-ring (bicyclic) bond motifs is 1. The fraction of sp³-hybridized carbons (Fsp3) is 0.643. The summed E-state index contributed by atoms with van der Waals surface area (Å²) in [6.45, 7) is 4.01. The van der Waals surface area contributed by atoms with Gasteiger partial charge in [0.05, 0.1) is 6.61 Å². The highest BCUT2D eigenvalue weighted by atomic mass is 16.5. The minimum atomic E-state index is 0.399. The molecule has 3 nitrogen and oxygen atoms in total. The highest BCUT2D eigenvalue weighted by Crippen LogP contribution is 2.33. The monoisotopic (exact) mass is 234 g/mol. The van der Waals surface area contributed by atoms with Crippen LogP contribution in [-0.4, -0.2) is 31.3 Å². The zero-order chi connectivity index (χ0) is 12.1. The van der Waals surface area contributed by atoms with Crippen molar-refractivity contribution in [3.63, 3.8) is 0 Å². The van der Waals surface area contributed by atoms with Gasteiger partial charge in [-0.15, -0.1) is 0 Å². The van der Waals surface area contributed by atoms with Crippen molar-refractivity contribution in [2.45, 2.75) is 38.1 Å². The normalized spacial score (nSPS) is 20.2. The Balaban J connectivity index is 2.09. The molecule has 1 aromatic rings. The van der Waals surface area contributed by atoms with Crippen molar-refractivity contribution in [2.24, 2.45) is 0 Å². The summed E-state index contributed by atoms with van der Waals surface area (Å²) < 4.78 is 5.34. The number of ether oxygens (including phenoxy) is 1. The van der Waals surface area contributed by atoms with Gasteiger partial charge in [0, 0.05) is 31.0 Å². The van der Waals surface area contributed by atoms with Crippen LogP contribution in [0.2, 0.25) is 0 Å². The molecular weight excluding hydrogens is 212 g/mol. The smallest absolute Gasteiger partial charge is 0.0622 e. The van der Waals surface area contributed by atoms with Crippen LogP contribution in [0.5, 0.6) is 0 Å². The Morgan fingerprint density at radius 2 is 2.47 bits per heavy atom. The quantitative estimate of drug-likeness (QED) is 0.818. The van der Waals surface area contributed by atoms with Crippen LogP contribution in [0.25, 0.3) is 0 Å². The van der Waals surface area contributed by atoms with Crippen LogP contribution in [-0.2, 0) is 11.2 Å². The molecule has 1 aromatic heterocycles. The second-order valence-corrected chi connectivity index (χ2v) is 4.71. The van der Waals surface area contributed by atoms with Crippen molar-refractivity contribution in [1.29, 1.82) is 0 Å². The number of pyridine rings is 1. The fourth-order valence-electron chi connectivity index (χ4n) is 2.66. The lowest BCUT2D eigenvalue weighted by atomic mass is 9.97. The lowest BCUT2D eigenvalue weighted by molar-refractivity contribution is 0.154. The van der Waals surface area contributed by atoms with E-state index in [1.165, 1.54) is 17.7 Å². The van der Waals surface area contributed by atoms with E-state index in [1.54, 1.807) is 7.11 Å². The number of aryl methyl sites for hydroxylation is 1. The van der Waals surface area contributed by atoms with Crippen molar-refractivity contribution < 1.29 is 4.74 Å². The maximum Gasteiger partial charge on any atom is 0.0622 e. The topological polar surface area (TPSA) is 34.1 Å². The van der Waals surface area contributed by atoms with Crippen LogP contribution >= 0.6 is 0 Å². The molecule has 0 bridgehead atoms. The van der Waals surface area contributed by atoms with Gasteiger partial charge in [-0.2, -0.15) is 0 Å². The van der Waals surface area contributed by atoms with Crippen molar-refractivity contribution in [3.8, 4) is 0 Å². The molecule has 94 valence electrons. The second-order valence-electron chi connectivity index (χ2n) is 4.71. The Kier molecular flexibility index (Phi) is 4.51. The number of aromatic nitrogens is 1. The predicted molar refractivity (Wildman–Crippen MR) is 69.3 cm³/mol. The number of nitrogens with zero attached hydrogens (tertiary/aromatic N) is 1. The Hall–Kier alpha value is -0.930. The SMILES string of the molecule is CCCNC(COC)C1CCc2cccnc21. The highest BCUT2D eigenvalue weighted by molar-refractivity contribution is 5.30. The van der Waals surface area contributed by atoms with E-state index >= 15 is 0 Å². The number of nitrogens with one attached hydrogen (secondary N) is 1. The molecule has 0 radical (unpaired) electrons. The van der Waals surface area contributed by atoms with E-state index in [-0.39, 0.29) is 0 Å². The summed E-state index contributed by atoms with van der Waals surface area (Å²) in [7, 11) is 1.77. The van der Waals surface area contributed by atoms with Gasteiger partial charge in [-0.1, -0.05) is 13.0 Å². The molecule has 2 rings (SSSR count). The van der Waals surface area contributed by atoms with E-state index < -0.39 is 0 Å². The van der Waals surface area contributed by atoms with Gasteiger partial charge in [0.25, 0.3) is 0 Å². The van der Waals surface area contributed by atoms with Gasteiger partial charge >= 0.3 is 0 Å². The third kappa shape index (κ3) is 2.85. The molecule has 0 aliphatic heterocycles. The van der Waals surface area contributed by atoms with Gasteiger partial charge in [0.2, 0.25) is 0 Å². The zero-order valence-corrected chi connectivity index (χ0v) is 10.8. The molecule has 0 aromatic carbocycles. The zero-order valence-electron chi connectivity index (χ0n) is 10.8. The van der Waals surface area contributed by atoms with Crippen molar-refractivity contribution >= 4 is 0 Å². The van der Waals surface area contributed by atoms with Crippen LogP contribution in [0.3, 0.4) is 0 Å². The predicted octanol–water partition coefficient (Wildman–Crippen LogP) is 2.13. The lowest BCUT2D eigenvalue weighted by Crippen LogP contribution is -2.38. The molecule has 1 aliphatic rings. The molecule has 1 aliphatic carbocycles. The minimum Gasteiger partial charge on any atom is -0.383 e. The summed E-state index contributed by atoms with van der Waals surface area (Å²) in [5.74, 6) is 0.512. The molecule has 0 saturated carbocycles. The molecule has 1 heterocycles. The largest absolute Gasteiger partial charge is 0.383 e. The first-order chi connectivity index (χ1) is 8.36. The molecular formula is C14H22N2O. The molecule has 0 amide bonds. The van der Waals surface area contributed by atoms with E-state index in [2.05, 4.69) is 23.3 Å². The number of methoxy groups -OCH3 is 1. The van der Waals surface area contributed by atoms with Crippen molar-refractivity contribution in [3.05, 3.63) is 29.6 Å². The lowest BCUT2D eigenvalue weighted by Gasteiger charge is -2.24. The van der Waals surface area contributed by atoms with Crippen molar-refractivity contribution in [2.75, 3.05) is 20.3 Å². The average molecular weight is 234 g/mol. The molecule has 0 spiro atoms. The summed E-state index contributed by atoms with van der Waals surface area (Å²) in [4.78, 5) is 4.56. The van der Waals surface area contributed by atoms with Crippen LogP contribution < -0.4 is 5.32 Å². The summed E-state index contributed by atoms with van der Waals surface area (Å²) in [5.41, 5.74) is 2.69. The van der Waals surface area contributed by atoms with E-state index in [0.717, 1.165) is 26.0 Å². The number of rotatable bonds is 6. The first-order valence-electron chi connectivity index (χ1n) is 6.53. The van der Waals surface area contributed by atoms with Crippen LogP contribution in [0.4, 0.5) is 0 Å². The van der Waals surface area contributed by atoms with Gasteiger partial charge in [0.1, 0.15) is 0 Å². The summed E-state index contributed by atoms with van der Waals surface area (Å²) >= 11 is 0. The molecule has 0 fully saturated rings. The Labute approximate surface area is 104 Å². The first-order valence-corrected chi connectivity index (χ1v) is 6.53.